The molecule has 4 aromatic rings. The summed E-state index contributed by atoms with van der Waals surface area (Å²) in [7, 11) is 0. The van der Waals surface area contributed by atoms with Gasteiger partial charge in [0.05, 0.1) is 11.7 Å². The molecule has 4 N–H and O–H groups in total. The summed E-state index contributed by atoms with van der Waals surface area (Å²) < 4.78 is 14.5. The lowest BCUT2D eigenvalue weighted by molar-refractivity contribution is 0.252. The summed E-state index contributed by atoms with van der Waals surface area (Å²) >= 11 is 0. The van der Waals surface area contributed by atoms with E-state index in [-0.39, 0.29) is 17.4 Å². The Morgan fingerprint density at radius 3 is 2.86 bits per heavy atom. The van der Waals surface area contributed by atoms with Crippen molar-refractivity contribution in [1.29, 1.82) is 0 Å². The average molecular weight is 392 g/mol. The van der Waals surface area contributed by atoms with E-state index in [9.17, 15) is 14.3 Å². The highest BCUT2D eigenvalue weighted by molar-refractivity contribution is 5.98. The van der Waals surface area contributed by atoms with Crippen molar-refractivity contribution in [2.45, 2.75) is 6.92 Å². The van der Waals surface area contributed by atoms with Gasteiger partial charge in [0, 0.05) is 30.1 Å². The molecule has 3 aromatic heterocycles. The van der Waals surface area contributed by atoms with Crippen molar-refractivity contribution in [3.63, 3.8) is 0 Å². The zero-order chi connectivity index (χ0) is 20.4. The molecular weight excluding hydrogens is 375 g/mol. The molecule has 0 aliphatic carbocycles. The van der Waals surface area contributed by atoms with Crippen LogP contribution < -0.4 is 10.6 Å². The number of benzene rings is 1. The van der Waals surface area contributed by atoms with E-state index in [0.717, 1.165) is 0 Å². The molecule has 1 aromatic carbocycles. The lowest BCUT2D eigenvalue weighted by Crippen LogP contribution is -2.28. The average Bonchev–Trinajstić information content (AvgIpc) is 3.10. The monoisotopic (exact) mass is 392 g/mol. The highest BCUT2D eigenvalue weighted by Gasteiger charge is 2.17. The van der Waals surface area contributed by atoms with Gasteiger partial charge in [0.15, 0.2) is 0 Å². The first kappa shape index (κ1) is 18.4. The number of aromatic hydroxyl groups is 1. The Morgan fingerprint density at radius 1 is 1.24 bits per heavy atom. The van der Waals surface area contributed by atoms with Crippen molar-refractivity contribution in [2.75, 3.05) is 11.9 Å². The number of nitrogens with one attached hydrogen (secondary N) is 3. The van der Waals surface area contributed by atoms with Crippen molar-refractivity contribution in [1.82, 2.24) is 25.3 Å². The first-order chi connectivity index (χ1) is 14.0. The van der Waals surface area contributed by atoms with Gasteiger partial charge in [-0.3, -0.25) is 15.3 Å². The second-order valence-corrected chi connectivity index (χ2v) is 6.26. The third-order valence-corrected chi connectivity index (χ3v) is 4.23. The van der Waals surface area contributed by atoms with E-state index >= 15 is 0 Å². The number of urea groups is 1. The predicted octanol–water partition coefficient (Wildman–Crippen LogP) is 3.67. The number of hydrogen-bond donors (Lipinski definition) is 4. The van der Waals surface area contributed by atoms with E-state index in [4.69, 9.17) is 0 Å². The smallest absolute Gasteiger partial charge is 0.321 e. The number of nitrogens with zero attached hydrogens (tertiary/aromatic N) is 3. The molecule has 8 nitrogen and oxygen atoms in total. The molecule has 2 amide bonds. The molecule has 9 heteroatoms. The maximum atomic E-state index is 14.5. The van der Waals surface area contributed by atoms with Crippen LogP contribution in [-0.4, -0.2) is 37.6 Å². The number of amides is 2. The van der Waals surface area contributed by atoms with E-state index in [1.165, 1.54) is 24.5 Å². The number of halogens is 1. The zero-order valence-electron chi connectivity index (χ0n) is 15.4. The van der Waals surface area contributed by atoms with Crippen molar-refractivity contribution in [2.24, 2.45) is 0 Å². The third kappa shape index (κ3) is 3.70. The fourth-order valence-electron chi connectivity index (χ4n) is 3.01. The van der Waals surface area contributed by atoms with Gasteiger partial charge in [-0.25, -0.2) is 14.2 Å². The first-order valence-corrected chi connectivity index (χ1v) is 8.89. The van der Waals surface area contributed by atoms with Crippen LogP contribution in [0.4, 0.5) is 15.1 Å². The van der Waals surface area contributed by atoms with Gasteiger partial charge < -0.3 is 15.4 Å². The van der Waals surface area contributed by atoms with Crippen LogP contribution in [-0.2, 0) is 0 Å². The molecule has 0 saturated carbocycles. The Balaban J connectivity index is 1.91. The number of aromatic nitrogens is 4. The minimum atomic E-state index is -0.499. The molecule has 29 heavy (non-hydrogen) atoms. The first-order valence-electron chi connectivity index (χ1n) is 8.89. The number of anilines is 1. The predicted molar refractivity (Wildman–Crippen MR) is 107 cm³/mol. The molecule has 0 spiro atoms. The highest BCUT2D eigenvalue weighted by atomic mass is 19.1. The van der Waals surface area contributed by atoms with E-state index in [1.807, 2.05) is 0 Å². The molecule has 0 saturated heterocycles. The molecule has 0 aliphatic heterocycles. The molecule has 0 fully saturated rings. The number of carbonyl (C=O) groups excluding carboxylic acids is 1. The largest absolute Gasteiger partial charge is 0.506 e. The highest BCUT2D eigenvalue weighted by Crippen LogP contribution is 2.34. The number of rotatable bonds is 4. The van der Waals surface area contributed by atoms with Gasteiger partial charge in [0.1, 0.15) is 22.8 Å². The lowest BCUT2D eigenvalue weighted by atomic mass is 10.0. The van der Waals surface area contributed by atoms with Crippen LogP contribution in [0, 0.1) is 5.82 Å². The molecule has 0 atom stereocenters. The summed E-state index contributed by atoms with van der Waals surface area (Å²) in [6, 6.07) is 7.47. The van der Waals surface area contributed by atoms with Gasteiger partial charge in [-0.2, -0.15) is 0 Å². The fraction of sp³-hybridized carbons (Fsp3) is 0.100. The van der Waals surface area contributed by atoms with Gasteiger partial charge in [0.2, 0.25) is 5.95 Å². The third-order valence-electron chi connectivity index (χ3n) is 4.23. The summed E-state index contributed by atoms with van der Waals surface area (Å²) in [6.07, 6.45) is 4.41. The van der Waals surface area contributed by atoms with Crippen LogP contribution in [0.5, 0.6) is 5.75 Å². The van der Waals surface area contributed by atoms with E-state index in [2.05, 4.69) is 30.6 Å². The molecular formula is C20H17FN6O2. The second kappa shape index (κ2) is 7.55. The number of aromatic amines is 1. The number of pyridine rings is 2. The molecule has 0 unspecified atom stereocenters. The number of H-pyrrole nitrogens is 1. The Morgan fingerprint density at radius 2 is 2.10 bits per heavy atom. The molecule has 0 aliphatic rings. The Bertz CT molecular complexity index is 1210. The summed E-state index contributed by atoms with van der Waals surface area (Å²) in [4.78, 5) is 27.4. The molecule has 3 heterocycles. The maximum Gasteiger partial charge on any atom is 0.321 e. The minimum Gasteiger partial charge on any atom is -0.506 e. The van der Waals surface area contributed by atoms with Gasteiger partial charge in [-0.15, -0.1) is 0 Å². The Labute approximate surface area is 164 Å². The van der Waals surface area contributed by atoms with E-state index in [0.29, 0.717) is 34.3 Å². The quantitative estimate of drug-likeness (QED) is 0.423. The van der Waals surface area contributed by atoms with Crippen LogP contribution in [0.1, 0.15) is 6.92 Å². The SMILES string of the molecule is CCNC(=O)Nc1nc2c(-c3ncccc3F)cc(-c3cncc(O)c3)cc2[nH]1. The number of fused-ring (bicyclic) bond motifs is 1. The van der Waals surface area contributed by atoms with Crippen LogP contribution in [0.2, 0.25) is 0 Å². The fourth-order valence-corrected chi connectivity index (χ4v) is 3.01. The topological polar surface area (TPSA) is 116 Å². The van der Waals surface area contributed by atoms with Crippen LogP contribution in [0.25, 0.3) is 33.4 Å². The van der Waals surface area contributed by atoms with Crippen molar-refractivity contribution >= 4 is 23.0 Å². The van der Waals surface area contributed by atoms with Gasteiger partial charge in [0.25, 0.3) is 0 Å². The Hall–Kier alpha value is -4.01. The number of hydrogen-bond acceptors (Lipinski definition) is 5. The lowest BCUT2D eigenvalue weighted by Gasteiger charge is -2.08. The van der Waals surface area contributed by atoms with E-state index in [1.54, 1.807) is 31.3 Å². The van der Waals surface area contributed by atoms with Crippen LogP contribution in [0.15, 0.2) is 48.9 Å². The van der Waals surface area contributed by atoms with Gasteiger partial charge in [-0.05, 0) is 42.8 Å². The Kier molecular flexibility index (Phi) is 4.78. The normalized spacial score (nSPS) is 10.8. The minimum absolute atomic E-state index is 0.0105. The molecule has 146 valence electrons. The molecule has 4 rings (SSSR count). The van der Waals surface area contributed by atoms with Crippen LogP contribution in [0.3, 0.4) is 0 Å². The summed E-state index contributed by atoms with van der Waals surface area (Å²) in [5, 5.41) is 15.0. The summed E-state index contributed by atoms with van der Waals surface area (Å²) in [6.45, 7) is 2.26. The number of imidazole rings is 1. The summed E-state index contributed by atoms with van der Waals surface area (Å²) in [5.41, 5.74) is 2.90. The zero-order valence-corrected chi connectivity index (χ0v) is 15.4. The van der Waals surface area contributed by atoms with Crippen LogP contribution >= 0.6 is 0 Å². The van der Waals surface area contributed by atoms with E-state index < -0.39 is 11.8 Å². The number of carbonyl (C=O) groups is 1. The summed E-state index contributed by atoms with van der Waals surface area (Å²) in [5.74, 6) is -0.271. The van der Waals surface area contributed by atoms with Gasteiger partial charge in [-0.1, -0.05) is 0 Å². The molecule has 0 radical (unpaired) electrons. The van der Waals surface area contributed by atoms with Gasteiger partial charge >= 0.3 is 6.03 Å². The molecule has 0 bridgehead atoms. The van der Waals surface area contributed by atoms with Crippen molar-refractivity contribution < 1.29 is 14.3 Å². The second-order valence-electron chi connectivity index (χ2n) is 6.26. The van der Waals surface area contributed by atoms with Crippen molar-refractivity contribution in [3.8, 4) is 28.1 Å². The van der Waals surface area contributed by atoms with Crippen molar-refractivity contribution in [3.05, 3.63) is 54.7 Å². The maximum absolute atomic E-state index is 14.5. The standard InChI is InChI=1S/C20H17FN6O2/c1-2-23-20(29)27-19-25-16-8-11(12-6-13(28)10-22-9-12)7-14(18(16)26-19)17-15(21)4-3-5-24-17/h3-10,28H,2H2,1H3,(H3,23,25,26,27,29).